The van der Waals surface area contributed by atoms with Crippen molar-refractivity contribution in [1.29, 1.82) is 0 Å². The SMILES string of the molecule is CN(C)S(=O)(=O)n1c(C(N)=NO)nc2c(Br)cc(C(N)=NO)cc21. The molecule has 0 aliphatic heterocycles. The van der Waals surface area contributed by atoms with Crippen molar-refractivity contribution < 1.29 is 18.8 Å². The van der Waals surface area contributed by atoms with E-state index in [0.717, 1.165) is 8.28 Å². The molecule has 0 saturated carbocycles. The number of imidazole rings is 1. The number of amidine groups is 2. The van der Waals surface area contributed by atoms with Crippen LogP contribution in [0.15, 0.2) is 26.9 Å². The van der Waals surface area contributed by atoms with Crippen LogP contribution in [0, 0.1) is 0 Å². The molecule has 0 amide bonds. The number of nitrogens with two attached hydrogens (primary N) is 2. The van der Waals surface area contributed by atoms with E-state index < -0.39 is 16.0 Å². The zero-order valence-electron chi connectivity index (χ0n) is 12.5. The van der Waals surface area contributed by atoms with Gasteiger partial charge >= 0.3 is 10.2 Å². The fourth-order valence-corrected chi connectivity index (χ4v) is 3.53. The number of halogens is 1. The number of aromatic nitrogens is 2. The number of oxime groups is 2. The Hall–Kier alpha value is -2.38. The second kappa shape index (κ2) is 6.26. The lowest BCUT2D eigenvalue weighted by Crippen LogP contribution is -2.32. The molecule has 0 aliphatic rings. The lowest BCUT2D eigenvalue weighted by atomic mass is 10.2. The van der Waals surface area contributed by atoms with Crippen LogP contribution < -0.4 is 11.5 Å². The van der Waals surface area contributed by atoms with Crippen molar-refractivity contribution >= 4 is 48.8 Å². The highest BCUT2D eigenvalue weighted by molar-refractivity contribution is 9.10. The molecule has 0 bridgehead atoms. The molecule has 0 spiro atoms. The molecule has 0 fully saturated rings. The van der Waals surface area contributed by atoms with Gasteiger partial charge < -0.3 is 21.9 Å². The van der Waals surface area contributed by atoms with Crippen molar-refractivity contribution in [2.24, 2.45) is 21.8 Å². The molecule has 2 aromatic rings. The fraction of sp³-hybridized carbons (Fsp3) is 0.182. The van der Waals surface area contributed by atoms with Crippen LogP contribution >= 0.6 is 15.9 Å². The van der Waals surface area contributed by atoms with E-state index in [1.54, 1.807) is 0 Å². The first-order valence-electron chi connectivity index (χ1n) is 6.26. The minimum Gasteiger partial charge on any atom is -0.409 e. The highest BCUT2D eigenvalue weighted by Gasteiger charge is 2.28. The molecule has 130 valence electrons. The van der Waals surface area contributed by atoms with Crippen molar-refractivity contribution in [1.82, 2.24) is 13.3 Å². The maximum Gasteiger partial charge on any atom is 0.309 e. The van der Waals surface area contributed by atoms with Gasteiger partial charge in [0.2, 0.25) is 5.84 Å². The number of benzene rings is 1. The summed E-state index contributed by atoms with van der Waals surface area (Å²) in [6.07, 6.45) is 0. The van der Waals surface area contributed by atoms with Gasteiger partial charge in [-0.05, 0) is 28.1 Å². The van der Waals surface area contributed by atoms with Crippen LogP contribution in [-0.2, 0) is 10.2 Å². The van der Waals surface area contributed by atoms with Gasteiger partial charge in [0.25, 0.3) is 0 Å². The smallest absolute Gasteiger partial charge is 0.309 e. The molecule has 0 unspecified atom stereocenters. The summed E-state index contributed by atoms with van der Waals surface area (Å²) in [5.74, 6) is -0.995. The standard InChI is InChI=1S/C11H14BrN7O4S/c1-18(2)24(22,23)19-7-4-5(9(13)16-20)3-6(12)8(7)15-11(19)10(14)17-21/h3-4,20-21H,1-2H3,(H2,13,16)(H2,14,17). The molecule has 1 heterocycles. The Morgan fingerprint density at radius 3 is 2.33 bits per heavy atom. The molecule has 11 nitrogen and oxygen atoms in total. The first kappa shape index (κ1) is 18.0. The predicted octanol–water partition coefficient (Wildman–Crippen LogP) is -0.358. The highest BCUT2D eigenvalue weighted by atomic mass is 79.9. The third-order valence-electron chi connectivity index (χ3n) is 3.10. The molecule has 13 heteroatoms. The van der Waals surface area contributed by atoms with Gasteiger partial charge in [0.15, 0.2) is 11.7 Å². The van der Waals surface area contributed by atoms with Crippen LogP contribution in [0.2, 0.25) is 0 Å². The fourth-order valence-electron chi connectivity index (χ4n) is 1.92. The van der Waals surface area contributed by atoms with Gasteiger partial charge in [0, 0.05) is 24.1 Å². The first-order valence-corrected chi connectivity index (χ1v) is 8.45. The summed E-state index contributed by atoms with van der Waals surface area (Å²) in [7, 11) is -1.42. The molecule has 24 heavy (non-hydrogen) atoms. The molecule has 1 aromatic heterocycles. The largest absolute Gasteiger partial charge is 0.409 e. The van der Waals surface area contributed by atoms with E-state index in [-0.39, 0.29) is 28.3 Å². The third-order valence-corrected chi connectivity index (χ3v) is 5.46. The maximum atomic E-state index is 12.6. The lowest BCUT2D eigenvalue weighted by molar-refractivity contribution is 0.318. The first-order chi connectivity index (χ1) is 11.1. The van der Waals surface area contributed by atoms with Gasteiger partial charge in [-0.1, -0.05) is 10.3 Å². The second-order valence-electron chi connectivity index (χ2n) is 4.79. The number of hydrogen-bond acceptors (Lipinski definition) is 7. The van der Waals surface area contributed by atoms with Crippen LogP contribution in [-0.4, -0.2) is 57.9 Å². The molecule has 0 radical (unpaired) electrons. The van der Waals surface area contributed by atoms with E-state index in [1.165, 1.54) is 26.2 Å². The lowest BCUT2D eigenvalue weighted by Gasteiger charge is -2.15. The quantitative estimate of drug-likeness (QED) is 0.226. The maximum absolute atomic E-state index is 12.6. The molecular weight excluding hydrogens is 406 g/mol. The summed E-state index contributed by atoms with van der Waals surface area (Å²) in [5, 5.41) is 23.4. The molecule has 0 saturated heterocycles. The Morgan fingerprint density at radius 2 is 1.83 bits per heavy atom. The van der Waals surface area contributed by atoms with Crippen molar-refractivity contribution in [2.45, 2.75) is 0 Å². The minimum absolute atomic E-state index is 0.0984. The topological polar surface area (TPSA) is 172 Å². The average molecular weight is 420 g/mol. The monoisotopic (exact) mass is 419 g/mol. The average Bonchev–Trinajstić information content (AvgIpc) is 2.93. The van der Waals surface area contributed by atoms with Crippen LogP contribution in [0.3, 0.4) is 0 Å². The van der Waals surface area contributed by atoms with E-state index in [2.05, 4.69) is 31.2 Å². The van der Waals surface area contributed by atoms with Gasteiger partial charge in [-0.25, -0.2) is 8.96 Å². The molecule has 1 aromatic carbocycles. The Balaban J connectivity index is 3.03. The summed E-state index contributed by atoms with van der Waals surface area (Å²) < 4.78 is 27.4. The third kappa shape index (κ3) is 2.76. The summed E-state index contributed by atoms with van der Waals surface area (Å²) in [6, 6.07) is 2.85. The van der Waals surface area contributed by atoms with E-state index in [9.17, 15) is 8.42 Å². The van der Waals surface area contributed by atoms with Crippen molar-refractivity contribution in [3.05, 3.63) is 28.0 Å². The van der Waals surface area contributed by atoms with Gasteiger partial charge in [0.05, 0.1) is 5.52 Å². The molecule has 0 atom stereocenters. The highest BCUT2D eigenvalue weighted by Crippen LogP contribution is 2.28. The van der Waals surface area contributed by atoms with Crippen LogP contribution in [0.25, 0.3) is 11.0 Å². The summed E-state index contributed by atoms with van der Waals surface area (Å²) in [6.45, 7) is 0. The normalized spacial score (nSPS) is 13.8. The van der Waals surface area contributed by atoms with Crippen molar-refractivity contribution in [3.63, 3.8) is 0 Å². The van der Waals surface area contributed by atoms with E-state index >= 15 is 0 Å². The van der Waals surface area contributed by atoms with Crippen molar-refractivity contribution in [2.75, 3.05) is 14.1 Å². The molecule has 2 rings (SSSR count). The van der Waals surface area contributed by atoms with Crippen LogP contribution in [0.4, 0.5) is 0 Å². The molecule has 0 aliphatic carbocycles. The van der Waals surface area contributed by atoms with Gasteiger partial charge in [0.1, 0.15) is 5.52 Å². The number of fused-ring (bicyclic) bond motifs is 1. The van der Waals surface area contributed by atoms with Crippen molar-refractivity contribution in [3.8, 4) is 0 Å². The van der Waals surface area contributed by atoms with E-state index in [0.29, 0.717) is 4.47 Å². The molecular formula is C11H14BrN7O4S. The second-order valence-corrected chi connectivity index (χ2v) is 7.63. The Labute approximate surface area is 145 Å². The number of nitrogens with zero attached hydrogens (tertiary/aromatic N) is 5. The number of hydrogen-bond donors (Lipinski definition) is 4. The Kier molecular flexibility index (Phi) is 4.68. The van der Waals surface area contributed by atoms with E-state index in [4.69, 9.17) is 21.9 Å². The van der Waals surface area contributed by atoms with E-state index in [1.807, 2.05) is 0 Å². The van der Waals surface area contributed by atoms with Crippen LogP contribution in [0.5, 0.6) is 0 Å². The molecule has 6 N–H and O–H groups in total. The summed E-state index contributed by atoms with van der Waals surface area (Å²) >= 11 is 3.25. The van der Waals surface area contributed by atoms with Gasteiger partial charge in [-0.15, -0.1) is 0 Å². The Morgan fingerprint density at radius 1 is 1.25 bits per heavy atom. The predicted molar refractivity (Wildman–Crippen MR) is 90.5 cm³/mol. The summed E-state index contributed by atoms with van der Waals surface area (Å²) in [5.41, 5.74) is 11.7. The van der Waals surface area contributed by atoms with Crippen LogP contribution in [0.1, 0.15) is 11.4 Å². The van der Waals surface area contributed by atoms with Gasteiger partial charge in [-0.3, -0.25) is 0 Å². The Bertz CT molecular complexity index is 964. The zero-order chi connectivity index (χ0) is 18.2. The number of rotatable bonds is 4. The minimum atomic E-state index is -4.06. The van der Waals surface area contributed by atoms with Gasteiger partial charge in [-0.2, -0.15) is 12.7 Å². The summed E-state index contributed by atoms with van der Waals surface area (Å²) in [4.78, 5) is 4.11. The zero-order valence-corrected chi connectivity index (χ0v) is 14.9.